The summed E-state index contributed by atoms with van der Waals surface area (Å²) in [4.78, 5) is 4.30. The number of thioether (sulfide) groups is 1. The van der Waals surface area contributed by atoms with Crippen molar-refractivity contribution in [3.63, 3.8) is 0 Å². The molecule has 0 radical (unpaired) electrons. The van der Waals surface area contributed by atoms with Crippen LogP contribution in [0.5, 0.6) is 5.75 Å². The van der Waals surface area contributed by atoms with E-state index in [1.54, 1.807) is 30.2 Å². The van der Waals surface area contributed by atoms with Crippen molar-refractivity contribution in [1.29, 1.82) is 0 Å². The zero-order chi connectivity index (χ0) is 13.7. The van der Waals surface area contributed by atoms with Crippen LogP contribution in [0.15, 0.2) is 34.1 Å². The molecule has 0 fully saturated rings. The maximum Gasteiger partial charge on any atom is 0.149 e. The summed E-state index contributed by atoms with van der Waals surface area (Å²) in [7, 11) is 3.70. The molecule has 1 unspecified atom stereocenters. The number of ether oxygens (including phenoxy) is 1. The lowest BCUT2D eigenvalue weighted by atomic mass is 10.0. The smallest absolute Gasteiger partial charge is 0.149 e. The van der Waals surface area contributed by atoms with E-state index in [0.717, 1.165) is 15.8 Å². The minimum absolute atomic E-state index is 0.253. The van der Waals surface area contributed by atoms with Gasteiger partial charge in [-0.25, -0.2) is 4.98 Å². The summed E-state index contributed by atoms with van der Waals surface area (Å²) in [6.45, 7) is 2.10. The van der Waals surface area contributed by atoms with Gasteiger partial charge in [0.15, 0.2) is 0 Å². The topological polar surface area (TPSA) is 34.2 Å². The molecule has 0 spiro atoms. The Kier molecular flexibility index (Phi) is 5.24. The van der Waals surface area contributed by atoms with Crippen molar-refractivity contribution in [2.24, 2.45) is 0 Å². The Hall–Kier alpha value is -1.04. The molecule has 1 aromatic heterocycles. The van der Waals surface area contributed by atoms with Crippen LogP contribution in [-0.2, 0) is 0 Å². The fourth-order valence-corrected chi connectivity index (χ4v) is 3.68. The van der Waals surface area contributed by atoms with Gasteiger partial charge in [0.25, 0.3) is 0 Å². The molecule has 0 saturated heterocycles. The average Bonchev–Trinajstić information content (AvgIpc) is 2.93. The Bertz CT molecular complexity index is 514. The molecule has 0 aliphatic carbocycles. The van der Waals surface area contributed by atoms with E-state index in [4.69, 9.17) is 4.74 Å². The minimum Gasteiger partial charge on any atom is -0.496 e. The summed E-state index contributed by atoms with van der Waals surface area (Å²) in [5, 5.41) is 5.36. The molecule has 2 rings (SSSR count). The molecule has 0 aliphatic rings. The van der Waals surface area contributed by atoms with E-state index < -0.39 is 0 Å². The van der Waals surface area contributed by atoms with Crippen molar-refractivity contribution in [2.75, 3.05) is 19.9 Å². The van der Waals surface area contributed by atoms with Gasteiger partial charge in [-0.3, -0.25) is 0 Å². The van der Waals surface area contributed by atoms with Gasteiger partial charge in [-0.15, -0.1) is 11.3 Å². The van der Waals surface area contributed by atoms with Gasteiger partial charge in [-0.05, 0) is 20.0 Å². The molecule has 5 heteroatoms. The van der Waals surface area contributed by atoms with Crippen molar-refractivity contribution < 1.29 is 4.74 Å². The number of hydrogen-bond donors (Lipinski definition) is 1. The maximum absolute atomic E-state index is 5.46. The SMILES string of the molecule is CNC(CSc1nccs1)c1cc(C)ccc1OC. The molecule has 1 aromatic carbocycles. The number of nitrogens with one attached hydrogen (secondary N) is 1. The largest absolute Gasteiger partial charge is 0.496 e. The molecule has 1 N–H and O–H groups in total. The van der Waals surface area contributed by atoms with Crippen molar-refractivity contribution in [3.8, 4) is 5.75 Å². The summed E-state index contributed by atoms with van der Waals surface area (Å²) in [6, 6.07) is 6.54. The highest BCUT2D eigenvalue weighted by atomic mass is 32.2. The third kappa shape index (κ3) is 3.72. The van der Waals surface area contributed by atoms with Gasteiger partial charge in [0.2, 0.25) is 0 Å². The van der Waals surface area contributed by atoms with E-state index in [2.05, 4.69) is 29.4 Å². The molecule has 1 atom stereocenters. The van der Waals surface area contributed by atoms with Crippen molar-refractivity contribution in [3.05, 3.63) is 40.9 Å². The molecular formula is C14H18N2OS2. The molecule has 19 heavy (non-hydrogen) atoms. The number of aryl methyl sites for hydroxylation is 1. The number of rotatable bonds is 6. The quantitative estimate of drug-likeness (QED) is 0.827. The first kappa shape index (κ1) is 14.4. The van der Waals surface area contributed by atoms with Gasteiger partial charge >= 0.3 is 0 Å². The van der Waals surface area contributed by atoms with E-state index in [-0.39, 0.29) is 6.04 Å². The number of aromatic nitrogens is 1. The van der Waals surface area contributed by atoms with E-state index >= 15 is 0 Å². The van der Waals surface area contributed by atoms with Gasteiger partial charge in [0.05, 0.1) is 7.11 Å². The standard InChI is InChI=1S/C14H18N2OS2/c1-10-4-5-13(17-3)11(8-10)12(15-2)9-19-14-16-6-7-18-14/h4-8,12,15H,9H2,1-3H3. The second-order valence-electron chi connectivity index (χ2n) is 4.20. The Labute approximate surface area is 122 Å². The number of thiazole rings is 1. The number of benzene rings is 1. The van der Waals surface area contributed by atoms with Gasteiger partial charge in [-0.1, -0.05) is 29.5 Å². The van der Waals surface area contributed by atoms with Gasteiger partial charge in [-0.2, -0.15) is 0 Å². The Morgan fingerprint density at radius 3 is 2.95 bits per heavy atom. The molecule has 0 aliphatic heterocycles. The van der Waals surface area contributed by atoms with Gasteiger partial charge in [0.1, 0.15) is 10.1 Å². The lowest BCUT2D eigenvalue weighted by Gasteiger charge is -2.19. The number of methoxy groups -OCH3 is 1. The Morgan fingerprint density at radius 1 is 1.47 bits per heavy atom. The van der Waals surface area contributed by atoms with Crippen molar-refractivity contribution in [2.45, 2.75) is 17.3 Å². The predicted molar refractivity (Wildman–Crippen MR) is 82.4 cm³/mol. The number of nitrogens with zero attached hydrogens (tertiary/aromatic N) is 1. The molecule has 1 heterocycles. The molecule has 2 aromatic rings. The normalized spacial score (nSPS) is 12.4. The van der Waals surface area contributed by atoms with Crippen LogP contribution in [0.2, 0.25) is 0 Å². The van der Waals surface area contributed by atoms with Gasteiger partial charge in [0, 0.05) is 28.9 Å². The summed E-state index contributed by atoms with van der Waals surface area (Å²) in [5.41, 5.74) is 2.45. The molecular weight excluding hydrogens is 276 g/mol. The third-order valence-electron chi connectivity index (χ3n) is 2.89. The van der Waals surface area contributed by atoms with Crippen molar-refractivity contribution in [1.82, 2.24) is 10.3 Å². The summed E-state index contributed by atoms with van der Waals surface area (Å²) >= 11 is 3.45. The first-order valence-electron chi connectivity index (χ1n) is 6.08. The van der Waals surface area contributed by atoms with E-state index in [9.17, 15) is 0 Å². The highest BCUT2D eigenvalue weighted by Gasteiger charge is 2.15. The lowest BCUT2D eigenvalue weighted by molar-refractivity contribution is 0.404. The van der Waals surface area contributed by atoms with Crippen LogP contribution < -0.4 is 10.1 Å². The van der Waals surface area contributed by atoms with Crippen LogP contribution in [-0.4, -0.2) is 24.9 Å². The first-order chi connectivity index (χ1) is 9.24. The molecule has 102 valence electrons. The fourth-order valence-electron chi connectivity index (χ4n) is 1.89. The van der Waals surface area contributed by atoms with Crippen LogP contribution >= 0.6 is 23.1 Å². The Morgan fingerprint density at radius 2 is 2.32 bits per heavy atom. The second kappa shape index (κ2) is 6.93. The molecule has 0 bridgehead atoms. The summed E-state index contributed by atoms with van der Waals surface area (Å²) < 4.78 is 6.56. The third-order valence-corrected chi connectivity index (χ3v) is 4.95. The van der Waals surface area contributed by atoms with Gasteiger partial charge < -0.3 is 10.1 Å². The van der Waals surface area contributed by atoms with Crippen LogP contribution in [0, 0.1) is 6.92 Å². The second-order valence-corrected chi connectivity index (χ2v) is 6.36. The molecule has 0 saturated carbocycles. The minimum atomic E-state index is 0.253. The summed E-state index contributed by atoms with van der Waals surface area (Å²) in [5.74, 6) is 1.87. The first-order valence-corrected chi connectivity index (χ1v) is 7.95. The zero-order valence-corrected chi connectivity index (χ0v) is 13.0. The molecule has 0 amide bonds. The van der Waals surface area contributed by atoms with E-state index in [1.807, 2.05) is 24.7 Å². The number of hydrogen-bond acceptors (Lipinski definition) is 5. The Balaban J connectivity index is 2.14. The van der Waals surface area contributed by atoms with Crippen molar-refractivity contribution >= 4 is 23.1 Å². The van der Waals surface area contributed by atoms with Crippen LogP contribution in [0.1, 0.15) is 17.2 Å². The summed E-state index contributed by atoms with van der Waals surface area (Å²) in [6.07, 6.45) is 1.84. The van der Waals surface area contributed by atoms with Crippen LogP contribution in [0.4, 0.5) is 0 Å². The predicted octanol–water partition coefficient (Wildman–Crippen LogP) is 3.51. The fraction of sp³-hybridized carbons (Fsp3) is 0.357. The average molecular weight is 294 g/mol. The highest BCUT2D eigenvalue weighted by molar-refractivity contribution is 8.01. The van der Waals surface area contributed by atoms with E-state index in [0.29, 0.717) is 0 Å². The van der Waals surface area contributed by atoms with E-state index in [1.165, 1.54) is 11.1 Å². The lowest BCUT2D eigenvalue weighted by Crippen LogP contribution is -2.19. The maximum atomic E-state index is 5.46. The monoisotopic (exact) mass is 294 g/mol. The molecule has 3 nitrogen and oxygen atoms in total. The van der Waals surface area contributed by atoms with Crippen LogP contribution in [0.3, 0.4) is 0 Å². The zero-order valence-electron chi connectivity index (χ0n) is 11.3. The highest BCUT2D eigenvalue weighted by Crippen LogP contribution is 2.31. The van der Waals surface area contributed by atoms with Crippen LogP contribution in [0.25, 0.3) is 0 Å².